The van der Waals surface area contributed by atoms with Crippen molar-refractivity contribution < 1.29 is 22.6 Å². The van der Waals surface area contributed by atoms with Crippen LogP contribution in [0.15, 0.2) is 71.6 Å². The van der Waals surface area contributed by atoms with Crippen LogP contribution in [0.4, 0.5) is 0 Å². The summed E-state index contributed by atoms with van der Waals surface area (Å²) < 4.78 is 46.3. The van der Waals surface area contributed by atoms with E-state index in [0.29, 0.717) is 24.5 Å². The van der Waals surface area contributed by atoms with E-state index in [1.54, 1.807) is 45.6 Å². The Balaban J connectivity index is 1.76. The Labute approximate surface area is 214 Å². The van der Waals surface area contributed by atoms with Gasteiger partial charge in [0.25, 0.3) is 0 Å². The number of nitrogens with zero attached hydrogens (tertiary/aromatic N) is 1. The minimum absolute atomic E-state index is 0.205. The number of hydrogen-bond donors (Lipinski definition) is 1. The van der Waals surface area contributed by atoms with Crippen molar-refractivity contribution in [2.45, 2.75) is 43.3 Å². The van der Waals surface area contributed by atoms with Crippen molar-refractivity contribution in [1.29, 1.82) is 0 Å². The zero-order valence-electron chi connectivity index (χ0n) is 21.2. The van der Waals surface area contributed by atoms with E-state index in [2.05, 4.69) is 15.7 Å². The fourth-order valence-electron chi connectivity index (χ4n) is 4.92. The monoisotopic (exact) mass is 510 g/mol. The molecule has 0 aliphatic carbocycles. The molecule has 0 spiro atoms. The van der Waals surface area contributed by atoms with Crippen LogP contribution >= 0.6 is 0 Å². The van der Waals surface area contributed by atoms with E-state index in [9.17, 15) is 8.42 Å². The minimum Gasteiger partial charge on any atom is -0.497 e. The van der Waals surface area contributed by atoms with Gasteiger partial charge in [-0.1, -0.05) is 37.3 Å². The molecule has 1 heterocycles. The van der Waals surface area contributed by atoms with Crippen LogP contribution < -0.4 is 18.9 Å². The molecular formula is C28H34N2O5S. The third-order valence-electron chi connectivity index (χ3n) is 6.73. The third-order valence-corrected chi connectivity index (χ3v) is 8.23. The molecule has 3 aromatic rings. The Bertz CT molecular complexity index is 1280. The number of fused-ring (bicyclic) bond motifs is 1. The Morgan fingerprint density at radius 1 is 0.944 bits per heavy atom. The van der Waals surface area contributed by atoms with Crippen LogP contribution in [0.25, 0.3) is 0 Å². The third kappa shape index (κ3) is 5.51. The van der Waals surface area contributed by atoms with Crippen LogP contribution in [0.5, 0.6) is 17.2 Å². The molecule has 192 valence electrons. The molecule has 0 saturated heterocycles. The van der Waals surface area contributed by atoms with Crippen molar-refractivity contribution in [2.24, 2.45) is 0 Å². The number of ether oxygens (including phenoxy) is 3. The molecule has 0 bridgehead atoms. The zero-order chi connectivity index (χ0) is 25.7. The molecule has 3 aromatic carbocycles. The summed E-state index contributed by atoms with van der Waals surface area (Å²) in [5.41, 5.74) is 3.28. The average molecular weight is 511 g/mol. The molecule has 0 radical (unpaired) electrons. The smallest absolute Gasteiger partial charge is 0.240 e. The summed E-state index contributed by atoms with van der Waals surface area (Å²) in [6, 6.07) is 19.9. The topological polar surface area (TPSA) is 77.1 Å². The predicted molar refractivity (Wildman–Crippen MR) is 140 cm³/mol. The SMILES string of the molecule is CCC(NS(=O)(=O)c1ccccc1)C1c2cc(OC)c(OC)cc2CCN1Cc1cccc(OC)c1. The highest BCUT2D eigenvalue weighted by molar-refractivity contribution is 7.89. The highest BCUT2D eigenvalue weighted by atomic mass is 32.2. The van der Waals surface area contributed by atoms with E-state index in [-0.39, 0.29) is 17.0 Å². The lowest BCUT2D eigenvalue weighted by molar-refractivity contribution is 0.143. The first-order chi connectivity index (χ1) is 17.4. The van der Waals surface area contributed by atoms with Crippen molar-refractivity contribution >= 4 is 10.0 Å². The molecule has 36 heavy (non-hydrogen) atoms. The minimum atomic E-state index is -3.71. The fourth-order valence-corrected chi connectivity index (χ4v) is 6.27. The Kier molecular flexibility index (Phi) is 8.18. The van der Waals surface area contributed by atoms with Gasteiger partial charge >= 0.3 is 0 Å². The molecule has 1 aliphatic heterocycles. The van der Waals surface area contributed by atoms with E-state index in [4.69, 9.17) is 14.2 Å². The number of methoxy groups -OCH3 is 3. The molecule has 4 rings (SSSR count). The van der Waals surface area contributed by atoms with Gasteiger partial charge in [0.05, 0.1) is 32.3 Å². The summed E-state index contributed by atoms with van der Waals surface area (Å²) in [4.78, 5) is 2.59. The van der Waals surface area contributed by atoms with Crippen LogP contribution in [0.2, 0.25) is 0 Å². The Morgan fingerprint density at radius 2 is 1.67 bits per heavy atom. The number of benzene rings is 3. The van der Waals surface area contributed by atoms with Crippen LogP contribution in [0, 0.1) is 0 Å². The summed E-state index contributed by atoms with van der Waals surface area (Å²) in [5, 5.41) is 0. The van der Waals surface area contributed by atoms with Gasteiger partial charge in [0.1, 0.15) is 5.75 Å². The lowest BCUT2D eigenvalue weighted by Crippen LogP contribution is -2.48. The van der Waals surface area contributed by atoms with E-state index >= 15 is 0 Å². The van der Waals surface area contributed by atoms with Crippen LogP contribution in [-0.4, -0.2) is 47.2 Å². The second-order valence-electron chi connectivity index (χ2n) is 8.87. The number of nitrogens with one attached hydrogen (secondary N) is 1. The molecule has 0 aromatic heterocycles. The van der Waals surface area contributed by atoms with Gasteiger partial charge in [-0.2, -0.15) is 0 Å². The standard InChI is InChI=1S/C28H34N2O5S/c1-5-25(29-36(31,32)23-12-7-6-8-13-23)28-24-18-27(35-4)26(34-3)17-21(24)14-15-30(28)19-20-10-9-11-22(16-20)33-2/h6-13,16-18,25,28-29H,5,14-15,19H2,1-4H3. The predicted octanol–water partition coefficient (Wildman–Crippen LogP) is 4.57. The lowest BCUT2D eigenvalue weighted by atomic mass is 9.86. The Hall–Kier alpha value is -3.07. The summed E-state index contributed by atoms with van der Waals surface area (Å²) in [7, 11) is 1.19. The van der Waals surface area contributed by atoms with E-state index in [1.807, 2.05) is 43.3 Å². The maximum Gasteiger partial charge on any atom is 0.240 e. The van der Waals surface area contributed by atoms with Crippen molar-refractivity contribution in [3.8, 4) is 17.2 Å². The highest BCUT2D eigenvalue weighted by Crippen LogP contribution is 2.41. The number of sulfonamides is 1. The van der Waals surface area contributed by atoms with Gasteiger partial charge in [-0.25, -0.2) is 13.1 Å². The Morgan fingerprint density at radius 3 is 2.33 bits per heavy atom. The van der Waals surface area contributed by atoms with Gasteiger partial charge in [-0.15, -0.1) is 0 Å². The van der Waals surface area contributed by atoms with Gasteiger partial charge in [0.2, 0.25) is 10.0 Å². The molecule has 1 aliphatic rings. The maximum absolute atomic E-state index is 13.3. The molecule has 7 nitrogen and oxygen atoms in total. The van der Waals surface area contributed by atoms with E-state index in [0.717, 1.165) is 35.4 Å². The average Bonchev–Trinajstić information content (AvgIpc) is 2.91. The zero-order valence-corrected chi connectivity index (χ0v) is 22.0. The lowest BCUT2D eigenvalue weighted by Gasteiger charge is -2.42. The van der Waals surface area contributed by atoms with Crippen molar-refractivity contribution in [2.75, 3.05) is 27.9 Å². The highest BCUT2D eigenvalue weighted by Gasteiger charge is 2.36. The number of rotatable bonds is 10. The van der Waals surface area contributed by atoms with Crippen molar-refractivity contribution in [1.82, 2.24) is 9.62 Å². The van der Waals surface area contributed by atoms with Gasteiger partial charge in [0, 0.05) is 19.1 Å². The normalized spacial score (nSPS) is 16.7. The summed E-state index contributed by atoms with van der Waals surface area (Å²) in [5.74, 6) is 2.10. The maximum atomic E-state index is 13.3. The fraction of sp³-hybridized carbons (Fsp3) is 0.357. The molecule has 0 saturated carbocycles. The van der Waals surface area contributed by atoms with Crippen LogP contribution in [0.3, 0.4) is 0 Å². The first-order valence-electron chi connectivity index (χ1n) is 12.1. The summed E-state index contributed by atoms with van der Waals surface area (Å²) in [6.07, 6.45) is 1.43. The van der Waals surface area contributed by atoms with Gasteiger partial charge < -0.3 is 14.2 Å². The number of hydrogen-bond acceptors (Lipinski definition) is 6. The van der Waals surface area contributed by atoms with Gasteiger partial charge in [-0.3, -0.25) is 4.90 Å². The molecule has 2 atom stereocenters. The molecule has 1 N–H and O–H groups in total. The second-order valence-corrected chi connectivity index (χ2v) is 10.6. The summed E-state index contributed by atoms with van der Waals surface area (Å²) in [6.45, 7) is 3.43. The van der Waals surface area contributed by atoms with E-state index < -0.39 is 10.0 Å². The van der Waals surface area contributed by atoms with Crippen molar-refractivity contribution in [3.63, 3.8) is 0 Å². The molecule has 0 fully saturated rings. The van der Waals surface area contributed by atoms with Gasteiger partial charge in [-0.05, 0) is 65.9 Å². The van der Waals surface area contributed by atoms with Crippen LogP contribution in [-0.2, 0) is 23.0 Å². The molecule has 0 amide bonds. The molecule has 8 heteroatoms. The molecular weight excluding hydrogens is 476 g/mol. The summed E-state index contributed by atoms with van der Waals surface area (Å²) >= 11 is 0. The quantitative estimate of drug-likeness (QED) is 0.431. The molecule has 2 unspecified atom stereocenters. The van der Waals surface area contributed by atoms with Crippen LogP contribution in [0.1, 0.15) is 36.1 Å². The van der Waals surface area contributed by atoms with E-state index in [1.165, 1.54) is 0 Å². The first kappa shape index (κ1) is 26.0. The van der Waals surface area contributed by atoms with Crippen molar-refractivity contribution in [3.05, 3.63) is 83.4 Å². The second kappa shape index (κ2) is 11.3. The largest absolute Gasteiger partial charge is 0.497 e. The first-order valence-corrected chi connectivity index (χ1v) is 13.6. The van der Waals surface area contributed by atoms with Gasteiger partial charge in [0.15, 0.2) is 11.5 Å².